The number of nitrogens with zero attached hydrogens (tertiary/aromatic N) is 3. The number of aromatic nitrogens is 1. The van der Waals surface area contributed by atoms with Gasteiger partial charge < -0.3 is 11.1 Å². The Bertz CT molecular complexity index is 839. The summed E-state index contributed by atoms with van der Waals surface area (Å²) < 4.78 is 13.1. The van der Waals surface area contributed by atoms with Crippen LogP contribution in [0.25, 0.3) is 0 Å². The van der Waals surface area contributed by atoms with Gasteiger partial charge in [0.25, 0.3) is 5.91 Å². The van der Waals surface area contributed by atoms with Gasteiger partial charge in [0, 0.05) is 12.6 Å². The number of nitrogens with two attached hydrogens (primary N) is 1. The van der Waals surface area contributed by atoms with E-state index in [-0.39, 0.29) is 12.1 Å². The van der Waals surface area contributed by atoms with Crippen LogP contribution in [0, 0.1) is 5.82 Å². The average molecular weight is 362 g/mol. The molecule has 0 aliphatic carbocycles. The zero-order chi connectivity index (χ0) is 18.0. The first-order valence-electron chi connectivity index (χ1n) is 7.28. The van der Waals surface area contributed by atoms with E-state index < -0.39 is 23.7 Å². The number of primary amides is 1. The van der Waals surface area contributed by atoms with Crippen LogP contribution >= 0.6 is 11.6 Å². The van der Waals surface area contributed by atoms with E-state index in [9.17, 15) is 14.0 Å². The highest BCUT2D eigenvalue weighted by Crippen LogP contribution is 2.25. The van der Waals surface area contributed by atoms with E-state index in [4.69, 9.17) is 17.3 Å². The molecular weight excluding hydrogens is 349 g/mol. The maximum Gasteiger partial charge on any atom is 0.273 e. The molecule has 9 heteroatoms. The number of carbonyl (C=O) groups is 2. The second-order valence-corrected chi connectivity index (χ2v) is 5.74. The number of pyridine rings is 1. The van der Waals surface area contributed by atoms with Crippen molar-refractivity contribution in [3.05, 3.63) is 53.4 Å². The molecule has 1 aliphatic rings. The molecule has 0 fully saturated rings. The van der Waals surface area contributed by atoms with Gasteiger partial charge in [0.2, 0.25) is 5.91 Å². The summed E-state index contributed by atoms with van der Waals surface area (Å²) in [5.74, 6) is -1.27. The molecule has 0 bridgehead atoms. The molecule has 1 aliphatic heterocycles. The van der Waals surface area contributed by atoms with E-state index in [1.54, 1.807) is 12.1 Å². The molecule has 0 saturated carbocycles. The zero-order valence-electron chi connectivity index (χ0n) is 12.8. The fourth-order valence-electron chi connectivity index (χ4n) is 2.34. The van der Waals surface area contributed by atoms with Gasteiger partial charge in [0.1, 0.15) is 23.4 Å². The van der Waals surface area contributed by atoms with E-state index in [1.807, 2.05) is 0 Å². The summed E-state index contributed by atoms with van der Waals surface area (Å²) in [4.78, 5) is 28.0. The molecule has 2 aromatic rings. The Balaban J connectivity index is 1.82. The van der Waals surface area contributed by atoms with Gasteiger partial charge in [-0.15, -0.1) is 0 Å². The van der Waals surface area contributed by atoms with Crippen LogP contribution in [0.3, 0.4) is 0 Å². The van der Waals surface area contributed by atoms with Gasteiger partial charge in [-0.3, -0.25) is 14.6 Å². The average Bonchev–Trinajstić information content (AvgIpc) is 3.03. The highest BCUT2D eigenvalue weighted by molar-refractivity contribution is 6.44. The molecule has 2 heterocycles. The first-order chi connectivity index (χ1) is 11.9. The van der Waals surface area contributed by atoms with Crippen molar-refractivity contribution in [2.75, 3.05) is 10.3 Å². The SMILES string of the molecule is NC(=O)C1CC(C(=O)Nc2ccc(Cl)cn2)=NN1c1ccc(F)cc1. The van der Waals surface area contributed by atoms with Crippen LogP contribution in [0.4, 0.5) is 15.9 Å². The summed E-state index contributed by atoms with van der Waals surface area (Å²) in [5.41, 5.74) is 5.97. The number of hydrogen-bond donors (Lipinski definition) is 2. The maximum absolute atomic E-state index is 13.1. The molecule has 0 spiro atoms. The Labute approximate surface area is 147 Å². The largest absolute Gasteiger partial charge is 0.368 e. The molecule has 1 atom stereocenters. The van der Waals surface area contributed by atoms with Crippen molar-refractivity contribution in [3.63, 3.8) is 0 Å². The standard InChI is InChI=1S/C16H13ClFN5O2/c17-9-1-6-14(20-8-9)21-16(25)12-7-13(15(19)24)23(22-12)11-4-2-10(18)3-5-11/h1-6,8,13H,7H2,(H2,19,24)(H,20,21,25). The normalized spacial score (nSPS) is 16.5. The number of hydrazone groups is 1. The fraction of sp³-hybridized carbons (Fsp3) is 0.125. The van der Waals surface area contributed by atoms with Crippen LogP contribution < -0.4 is 16.1 Å². The summed E-state index contributed by atoms with van der Waals surface area (Å²) in [5, 5.41) is 8.49. The van der Waals surface area contributed by atoms with Crippen molar-refractivity contribution >= 4 is 40.6 Å². The summed E-state index contributed by atoms with van der Waals surface area (Å²) in [6, 6.07) is 7.67. The van der Waals surface area contributed by atoms with E-state index in [1.165, 1.54) is 35.5 Å². The molecule has 0 radical (unpaired) electrons. The number of halogens is 2. The minimum absolute atomic E-state index is 0.0339. The molecule has 1 unspecified atom stereocenters. The molecule has 128 valence electrons. The van der Waals surface area contributed by atoms with E-state index in [0.29, 0.717) is 16.5 Å². The number of carbonyl (C=O) groups excluding carboxylic acids is 2. The predicted molar refractivity (Wildman–Crippen MR) is 91.8 cm³/mol. The van der Waals surface area contributed by atoms with Gasteiger partial charge in [-0.25, -0.2) is 9.37 Å². The van der Waals surface area contributed by atoms with E-state index in [2.05, 4.69) is 15.4 Å². The van der Waals surface area contributed by atoms with Crippen molar-refractivity contribution < 1.29 is 14.0 Å². The van der Waals surface area contributed by atoms with Crippen LogP contribution in [-0.4, -0.2) is 28.6 Å². The van der Waals surface area contributed by atoms with E-state index >= 15 is 0 Å². The summed E-state index contributed by atoms with van der Waals surface area (Å²) in [6.45, 7) is 0. The number of hydrogen-bond acceptors (Lipinski definition) is 5. The second-order valence-electron chi connectivity index (χ2n) is 5.31. The molecule has 3 N–H and O–H groups in total. The molecular formula is C16H13ClFN5O2. The topological polar surface area (TPSA) is 101 Å². The lowest BCUT2D eigenvalue weighted by molar-refractivity contribution is -0.119. The van der Waals surface area contributed by atoms with Crippen molar-refractivity contribution in [1.29, 1.82) is 0 Å². The lowest BCUT2D eigenvalue weighted by atomic mass is 10.1. The van der Waals surface area contributed by atoms with Crippen LogP contribution in [0.2, 0.25) is 5.02 Å². The van der Waals surface area contributed by atoms with Crippen molar-refractivity contribution in [1.82, 2.24) is 4.98 Å². The third-order valence-electron chi connectivity index (χ3n) is 3.56. The van der Waals surface area contributed by atoms with Gasteiger partial charge in [-0.2, -0.15) is 5.10 Å². The lowest BCUT2D eigenvalue weighted by Gasteiger charge is -2.20. The molecule has 1 aromatic carbocycles. The Hall–Kier alpha value is -3.00. The minimum atomic E-state index is -0.829. The number of rotatable bonds is 4. The van der Waals surface area contributed by atoms with Gasteiger partial charge in [0.15, 0.2) is 0 Å². The Kier molecular flexibility index (Phi) is 4.62. The highest BCUT2D eigenvalue weighted by Gasteiger charge is 2.35. The van der Waals surface area contributed by atoms with Crippen molar-refractivity contribution in [2.45, 2.75) is 12.5 Å². The summed E-state index contributed by atoms with van der Waals surface area (Å²) >= 11 is 5.74. The predicted octanol–water partition coefficient (Wildman–Crippen LogP) is 1.93. The van der Waals surface area contributed by atoms with Crippen LogP contribution in [0.15, 0.2) is 47.7 Å². The molecule has 1 aromatic heterocycles. The van der Waals surface area contributed by atoms with Gasteiger partial charge >= 0.3 is 0 Å². The Morgan fingerprint density at radius 2 is 1.96 bits per heavy atom. The zero-order valence-corrected chi connectivity index (χ0v) is 13.6. The van der Waals surface area contributed by atoms with Crippen molar-refractivity contribution in [3.8, 4) is 0 Å². The number of nitrogens with one attached hydrogen (secondary N) is 1. The summed E-state index contributed by atoms with van der Waals surface area (Å²) in [7, 11) is 0. The van der Waals surface area contributed by atoms with Crippen LogP contribution in [0.5, 0.6) is 0 Å². The Morgan fingerprint density at radius 3 is 2.56 bits per heavy atom. The fourth-order valence-corrected chi connectivity index (χ4v) is 2.45. The van der Waals surface area contributed by atoms with E-state index in [0.717, 1.165) is 0 Å². The number of anilines is 2. The van der Waals surface area contributed by atoms with Gasteiger partial charge in [-0.1, -0.05) is 11.6 Å². The van der Waals surface area contributed by atoms with Gasteiger partial charge in [-0.05, 0) is 36.4 Å². The molecule has 25 heavy (non-hydrogen) atoms. The first-order valence-corrected chi connectivity index (χ1v) is 7.66. The highest BCUT2D eigenvalue weighted by atomic mass is 35.5. The smallest absolute Gasteiger partial charge is 0.273 e. The maximum atomic E-state index is 13.1. The van der Waals surface area contributed by atoms with Gasteiger partial charge in [0.05, 0.1) is 10.7 Å². The van der Waals surface area contributed by atoms with Crippen LogP contribution in [0.1, 0.15) is 6.42 Å². The third kappa shape index (κ3) is 3.74. The van der Waals surface area contributed by atoms with Crippen molar-refractivity contribution in [2.24, 2.45) is 10.8 Å². The minimum Gasteiger partial charge on any atom is -0.368 e. The van der Waals surface area contributed by atoms with Crippen LogP contribution in [-0.2, 0) is 9.59 Å². The molecule has 7 nitrogen and oxygen atoms in total. The Morgan fingerprint density at radius 1 is 1.24 bits per heavy atom. The summed E-state index contributed by atoms with van der Waals surface area (Å²) in [6.07, 6.45) is 1.43. The quantitative estimate of drug-likeness (QED) is 0.868. The first kappa shape index (κ1) is 16.8. The molecule has 3 rings (SSSR count). The molecule has 2 amide bonds. The number of benzene rings is 1. The monoisotopic (exact) mass is 361 g/mol. The second kappa shape index (κ2) is 6.86. The number of amides is 2. The lowest BCUT2D eigenvalue weighted by Crippen LogP contribution is -2.39. The third-order valence-corrected chi connectivity index (χ3v) is 3.78. The molecule has 0 saturated heterocycles.